The topological polar surface area (TPSA) is 71.7 Å². The molecule has 0 atom stereocenters. The van der Waals surface area contributed by atoms with Crippen LogP contribution in [0.3, 0.4) is 0 Å². The highest BCUT2D eigenvalue weighted by Crippen LogP contribution is 2.35. The van der Waals surface area contributed by atoms with Crippen molar-refractivity contribution >= 4 is 11.6 Å². The van der Waals surface area contributed by atoms with Gasteiger partial charge in [-0.1, -0.05) is 6.08 Å². The fraction of sp³-hybridized carbons (Fsp3) is 0.227. The molecule has 0 bridgehead atoms. The van der Waals surface area contributed by atoms with Crippen molar-refractivity contribution in [3.05, 3.63) is 59.7 Å². The maximum Gasteiger partial charge on any atom is 0.161 e. The summed E-state index contributed by atoms with van der Waals surface area (Å²) in [6.07, 6.45) is 3.94. The van der Waals surface area contributed by atoms with Crippen LogP contribution in [0.15, 0.2) is 43.0 Å². The fourth-order valence-corrected chi connectivity index (χ4v) is 2.70. The minimum atomic E-state index is 0.0959. The molecule has 0 aliphatic carbocycles. The monoisotopic (exact) mass is 365 g/mol. The molecule has 0 amide bonds. The van der Waals surface area contributed by atoms with Gasteiger partial charge in [-0.25, -0.2) is 0 Å². The van der Waals surface area contributed by atoms with Crippen LogP contribution in [0.4, 0.5) is 0 Å². The zero-order valence-electron chi connectivity index (χ0n) is 15.8. The fourth-order valence-electron chi connectivity index (χ4n) is 2.70. The molecule has 1 N–H and O–H groups in total. The second-order valence-electron chi connectivity index (χ2n) is 5.69. The lowest BCUT2D eigenvalue weighted by Crippen LogP contribution is -1.96. The van der Waals surface area contributed by atoms with Crippen LogP contribution in [-0.4, -0.2) is 25.9 Å². The van der Waals surface area contributed by atoms with Crippen LogP contribution in [0.1, 0.15) is 23.6 Å². The van der Waals surface area contributed by atoms with Crippen molar-refractivity contribution < 1.29 is 19.3 Å². The van der Waals surface area contributed by atoms with Gasteiger partial charge in [0.1, 0.15) is 0 Å². The number of methoxy groups -OCH3 is 2. The molecule has 0 spiro atoms. The highest BCUT2D eigenvalue weighted by molar-refractivity contribution is 5.90. The van der Waals surface area contributed by atoms with Gasteiger partial charge in [0.15, 0.2) is 23.0 Å². The van der Waals surface area contributed by atoms with Crippen LogP contribution in [0.5, 0.6) is 23.0 Å². The average molecular weight is 365 g/mol. The molecule has 27 heavy (non-hydrogen) atoms. The largest absolute Gasteiger partial charge is 0.504 e. The first-order valence-electron chi connectivity index (χ1n) is 8.51. The maximum atomic E-state index is 10.3. The Kier molecular flexibility index (Phi) is 6.90. The number of rotatable bonds is 8. The number of hydrogen-bond acceptors (Lipinski definition) is 5. The maximum absolute atomic E-state index is 10.3. The minimum absolute atomic E-state index is 0.0959. The molecular weight excluding hydrogens is 342 g/mol. The molecule has 2 aromatic carbocycles. The summed E-state index contributed by atoms with van der Waals surface area (Å²) in [5, 5.41) is 20.0. The predicted molar refractivity (Wildman–Crippen MR) is 106 cm³/mol. The van der Waals surface area contributed by atoms with Gasteiger partial charge in [0, 0.05) is 5.56 Å². The van der Waals surface area contributed by atoms with Gasteiger partial charge in [-0.3, -0.25) is 0 Å². The van der Waals surface area contributed by atoms with Gasteiger partial charge in [0.05, 0.1) is 32.5 Å². The van der Waals surface area contributed by atoms with Crippen molar-refractivity contribution in [1.29, 1.82) is 5.26 Å². The standard InChI is InChI=1S/C22H23NO4/c1-5-7-17-10-15(12-21(22(17)24)27-6-2)11-18(14-23)16-8-9-19(25-3)20(13-16)26-4/h5,8-13,24H,1,6-7H2,2-4H3/b18-11+. The Labute approximate surface area is 159 Å². The van der Waals surface area contributed by atoms with E-state index < -0.39 is 0 Å². The van der Waals surface area contributed by atoms with Crippen molar-refractivity contribution in [2.45, 2.75) is 13.3 Å². The van der Waals surface area contributed by atoms with E-state index in [0.29, 0.717) is 47.0 Å². The summed E-state index contributed by atoms with van der Waals surface area (Å²) >= 11 is 0. The molecule has 5 nitrogen and oxygen atoms in total. The zero-order valence-corrected chi connectivity index (χ0v) is 15.8. The Bertz CT molecular complexity index is 894. The number of nitrogens with zero attached hydrogens (tertiary/aromatic N) is 1. The van der Waals surface area contributed by atoms with E-state index in [0.717, 1.165) is 5.56 Å². The molecule has 140 valence electrons. The van der Waals surface area contributed by atoms with E-state index in [9.17, 15) is 10.4 Å². The van der Waals surface area contributed by atoms with E-state index in [1.807, 2.05) is 13.0 Å². The molecule has 0 saturated heterocycles. The minimum Gasteiger partial charge on any atom is -0.504 e. The summed E-state index contributed by atoms with van der Waals surface area (Å²) in [4.78, 5) is 0. The van der Waals surface area contributed by atoms with Crippen LogP contribution < -0.4 is 14.2 Å². The first-order chi connectivity index (χ1) is 13.1. The van der Waals surface area contributed by atoms with Crippen molar-refractivity contribution in [2.75, 3.05) is 20.8 Å². The van der Waals surface area contributed by atoms with Crippen LogP contribution in [0, 0.1) is 11.3 Å². The molecule has 0 radical (unpaired) electrons. The van der Waals surface area contributed by atoms with E-state index in [1.165, 1.54) is 0 Å². The Morgan fingerprint density at radius 2 is 1.89 bits per heavy atom. The molecule has 2 rings (SSSR count). The van der Waals surface area contributed by atoms with Gasteiger partial charge in [-0.2, -0.15) is 5.26 Å². The lowest BCUT2D eigenvalue weighted by atomic mass is 10.0. The number of aromatic hydroxyl groups is 1. The summed E-state index contributed by atoms with van der Waals surface area (Å²) in [6, 6.07) is 11.0. The second kappa shape index (κ2) is 9.35. The third-order valence-corrected chi connectivity index (χ3v) is 3.97. The smallest absolute Gasteiger partial charge is 0.161 e. The molecule has 0 aliphatic rings. The Balaban J connectivity index is 2.54. The molecule has 0 aromatic heterocycles. The highest BCUT2D eigenvalue weighted by Gasteiger charge is 2.12. The zero-order chi connectivity index (χ0) is 19.8. The van der Waals surface area contributed by atoms with Crippen LogP contribution >= 0.6 is 0 Å². The van der Waals surface area contributed by atoms with Gasteiger partial charge < -0.3 is 19.3 Å². The number of ether oxygens (including phenoxy) is 3. The van der Waals surface area contributed by atoms with Crippen molar-refractivity contribution in [1.82, 2.24) is 0 Å². The van der Waals surface area contributed by atoms with E-state index in [-0.39, 0.29) is 5.75 Å². The van der Waals surface area contributed by atoms with Crippen LogP contribution in [0.2, 0.25) is 0 Å². The molecule has 0 fully saturated rings. The second-order valence-corrected chi connectivity index (χ2v) is 5.69. The number of phenols is 1. The first-order valence-corrected chi connectivity index (χ1v) is 8.51. The third-order valence-electron chi connectivity index (χ3n) is 3.97. The van der Waals surface area contributed by atoms with Gasteiger partial charge in [0.25, 0.3) is 0 Å². The Hall–Kier alpha value is -3.39. The normalized spacial score (nSPS) is 10.8. The summed E-state index contributed by atoms with van der Waals surface area (Å²) in [5.74, 6) is 1.62. The summed E-state index contributed by atoms with van der Waals surface area (Å²) < 4.78 is 16.1. The predicted octanol–water partition coefficient (Wildman–Crippen LogP) is 4.60. The highest BCUT2D eigenvalue weighted by atomic mass is 16.5. The van der Waals surface area contributed by atoms with Crippen molar-refractivity contribution in [3.63, 3.8) is 0 Å². The van der Waals surface area contributed by atoms with E-state index in [4.69, 9.17) is 14.2 Å². The SMILES string of the molecule is C=CCc1cc(/C=C(\C#N)c2ccc(OC)c(OC)c2)cc(OCC)c1O. The summed E-state index contributed by atoms with van der Waals surface area (Å²) in [7, 11) is 3.11. The van der Waals surface area contributed by atoms with E-state index in [1.54, 1.807) is 50.6 Å². The first kappa shape index (κ1) is 19.9. The lowest BCUT2D eigenvalue weighted by molar-refractivity contribution is 0.317. The van der Waals surface area contributed by atoms with Gasteiger partial charge in [0.2, 0.25) is 0 Å². The molecule has 0 saturated carbocycles. The Morgan fingerprint density at radius 1 is 1.15 bits per heavy atom. The number of benzene rings is 2. The van der Waals surface area contributed by atoms with E-state index in [2.05, 4.69) is 12.6 Å². The van der Waals surface area contributed by atoms with Gasteiger partial charge >= 0.3 is 0 Å². The number of hydrogen-bond donors (Lipinski definition) is 1. The molecule has 0 unspecified atom stereocenters. The lowest BCUT2D eigenvalue weighted by Gasteiger charge is -2.12. The molecular formula is C22H23NO4. The molecule has 5 heteroatoms. The van der Waals surface area contributed by atoms with E-state index >= 15 is 0 Å². The average Bonchev–Trinajstić information content (AvgIpc) is 2.69. The quantitative estimate of drug-likeness (QED) is 0.420. The van der Waals surface area contributed by atoms with Crippen molar-refractivity contribution in [3.8, 4) is 29.1 Å². The van der Waals surface area contributed by atoms with Gasteiger partial charge in [-0.15, -0.1) is 6.58 Å². The summed E-state index contributed by atoms with van der Waals surface area (Å²) in [6.45, 7) is 5.99. The number of phenolic OH excluding ortho intramolecular Hbond substituents is 1. The Morgan fingerprint density at radius 3 is 2.48 bits per heavy atom. The number of nitriles is 1. The van der Waals surface area contributed by atoms with Crippen molar-refractivity contribution in [2.24, 2.45) is 0 Å². The summed E-state index contributed by atoms with van der Waals surface area (Å²) in [5.41, 5.74) is 2.59. The number of allylic oxidation sites excluding steroid dienone is 2. The van der Waals surface area contributed by atoms with Gasteiger partial charge in [-0.05, 0) is 60.9 Å². The molecule has 2 aromatic rings. The third kappa shape index (κ3) is 4.62. The molecule has 0 heterocycles. The van der Waals surface area contributed by atoms with Crippen LogP contribution in [-0.2, 0) is 6.42 Å². The van der Waals surface area contributed by atoms with Crippen LogP contribution in [0.25, 0.3) is 11.6 Å². The molecule has 0 aliphatic heterocycles.